The zero-order valence-electron chi connectivity index (χ0n) is 13.4. The number of nitrogens with one attached hydrogen (secondary N) is 1. The molecule has 0 fully saturated rings. The van der Waals surface area contributed by atoms with Crippen molar-refractivity contribution in [2.45, 2.75) is 19.9 Å². The Morgan fingerprint density at radius 1 is 1.08 bits per heavy atom. The van der Waals surface area contributed by atoms with Crippen LogP contribution in [0.15, 0.2) is 60.7 Å². The minimum atomic E-state index is -0.342. The molecule has 1 N–H and O–H groups in total. The number of anilines is 1. The second-order valence-electron chi connectivity index (χ2n) is 5.67. The molecular weight excluding hydrogens is 305 g/mol. The molecule has 1 aromatic heterocycles. The van der Waals surface area contributed by atoms with Crippen molar-refractivity contribution in [1.82, 2.24) is 9.78 Å². The Bertz CT molecular complexity index is 843. The third-order valence-electron chi connectivity index (χ3n) is 3.60. The number of halogens is 1. The summed E-state index contributed by atoms with van der Waals surface area (Å²) in [7, 11) is 0. The van der Waals surface area contributed by atoms with Gasteiger partial charge in [0.05, 0.1) is 18.7 Å². The lowest BCUT2D eigenvalue weighted by Crippen LogP contribution is -2.18. The summed E-state index contributed by atoms with van der Waals surface area (Å²) in [6, 6.07) is 17.8. The molecule has 122 valence electrons. The Morgan fingerprint density at radius 3 is 2.58 bits per heavy atom. The Kier molecular flexibility index (Phi) is 4.70. The molecule has 0 aliphatic heterocycles. The standard InChI is InChI=1S/C19H18FN3O/c1-14-10-18(23(22-14)13-15-6-3-2-4-7-15)21-19(24)12-16-8-5-9-17(20)11-16/h2-11H,12-13H2,1H3,(H,21,24). The lowest BCUT2D eigenvalue weighted by molar-refractivity contribution is -0.115. The van der Waals surface area contributed by atoms with E-state index >= 15 is 0 Å². The molecule has 1 heterocycles. The van der Waals surface area contributed by atoms with Crippen molar-refractivity contribution in [3.8, 4) is 0 Å². The molecule has 0 spiro atoms. The number of nitrogens with zero attached hydrogens (tertiary/aromatic N) is 2. The molecule has 0 aliphatic rings. The molecule has 3 aromatic rings. The van der Waals surface area contributed by atoms with Crippen molar-refractivity contribution in [2.75, 3.05) is 5.32 Å². The summed E-state index contributed by atoms with van der Waals surface area (Å²) in [6.45, 7) is 2.45. The molecule has 0 atom stereocenters. The van der Waals surface area contributed by atoms with Gasteiger partial charge in [0.25, 0.3) is 0 Å². The number of carbonyl (C=O) groups excluding carboxylic acids is 1. The first-order valence-electron chi connectivity index (χ1n) is 7.73. The van der Waals surface area contributed by atoms with Crippen LogP contribution < -0.4 is 5.32 Å². The van der Waals surface area contributed by atoms with E-state index in [0.29, 0.717) is 17.9 Å². The Hall–Kier alpha value is -2.95. The highest BCUT2D eigenvalue weighted by atomic mass is 19.1. The van der Waals surface area contributed by atoms with E-state index in [1.807, 2.05) is 43.3 Å². The number of aromatic nitrogens is 2. The van der Waals surface area contributed by atoms with Gasteiger partial charge in [-0.3, -0.25) is 4.79 Å². The zero-order chi connectivity index (χ0) is 16.9. The fourth-order valence-corrected chi connectivity index (χ4v) is 2.54. The van der Waals surface area contributed by atoms with Crippen molar-refractivity contribution in [1.29, 1.82) is 0 Å². The molecule has 0 radical (unpaired) electrons. The van der Waals surface area contributed by atoms with Crippen LogP contribution in [0.2, 0.25) is 0 Å². The summed E-state index contributed by atoms with van der Waals surface area (Å²) >= 11 is 0. The largest absolute Gasteiger partial charge is 0.311 e. The molecule has 0 aliphatic carbocycles. The summed E-state index contributed by atoms with van der Waals surface area (Å²) in [5.41, 5.74) is 2.56. The van der Waals surface area contributed by atoms with Gasteiger partial charge in [-0.25, -0.2) is 9.07 Å². The average Bonchev–Trinajstić information content (AvgIpc) is 2.87. The third kappa shape index (κ3) is 4.07. The predicted octanol–water partition coefficient (Wildman–Crippen LogP) is 3.56. The topological polar surface area (TPSA) is 46.9 Å². The number of rotatable bonds is 5. The van der Waals surface area contributed by atoms with Gasteiger partial charge in [-0.2, -0.15) is 5.10 Å². The van der Waals surface area contributed by atoms with Gasteiger partial charge in [-0.05, 0) is 30.2 Å². The smallest absolute Gasteiger partial charge is 0.229 e. The molecule has 2 aromatic carbocycles. The lowest BCUT2D eigenvalue weighted by atomic mass is 10.1. The van der Waals surface area contributed by atoms with Crippen LogP contribution in [0.4, 0.5) is 10.2 Å². The predicted molar refractivity (Wildman–Crippen MR) is 91.2 cm³/mol. The molecule has 0 saturated heterocycles. The molecule has 0 bridgehead atoms. The highest BCUT2D eigenvalue weighted by Crippen LogP contribution is 2.14. The molecule has 1 amide bonds. The summed E-state index contributed by atoms with van der Waals surface area (Å²) < 4.78 is 15.0. The van der Waals surface area contributed by atoms with Crippen LogP contribution in [0.3, 0.4) is 0 Å². The molecule has 4 nitrogen and oxygen atoms in total. The molecule has 0 saturated carbocycles. The number of hydrogen-bond acceptors (Lipinski definition) is 2. The SMILES string of the molecule is Cc1cc(NC(=O)Cc2cccc(F)c2)n(Cc2ccccc2)n1. The van der Waals surface area contributed by atoms with E-state index in [-0.39, 0.29) is 18.1 Å². The molecule has 0 unspecified atom stereocenters. The number of hydrogen-bond donors (Lipinski definition) is 1. The van der Waals surface area contributed by atoms with Crippen molar-refractivity contribution < 1.29 is 9.18 Å². The first kappa shape index (κ1) is 15.9. The lowest BCUT2D eigenvalue weighted by Gasteiger charge is -2.09. The van der Waals surface area contributed by atoms with Crippen LogP contribution in [0.5, 0.6) is 0 Å². The van der Waals surface area contributed by atoms with E-state index in [2.05, 4.69) is 10.4 Å². The van der Waals surface area contributed by atoms with E-state index < -0.39 is 0 Å². The van der Waals surface area contributed by atoms with E-state index in [9.17, 15) is 9.18 Å². The molecule has 3 rings (SSSR count). The van der Waals surface area contributed by atoms with Gasteiger partial charge in [0.1, 0.15) is 11.6 Å². The van der Waals surface area contributed by atoms with Crippen LogP contribution in [-0.2, 0) is 17.8 Å². The van der Waals surface area contributed by atoms with Gasteiger partial charge < -0.3 is 5.32 Å². The molecule has 5 heteroatoms. The zero-order valence-corrected chi connectivity index (χ0v) is 13.4. The second kappa shape index (κ2) is 7.08. The first-order chi connectivity index (χ1) is 11.6. The summed E-state index contributed by atoms with van der Waals surface area (Å²) in [5.74, 6) is 0.0952. The van der Waals surface area contributed by atoms with Gasteiger partial charge in [0, 0.05) is 6.07 Å². The van der Waals surface area contributed by atoms with Crippen molar-refractivity contribution >= 4 is 11.7 Å². The highest BCUT2D eigenvalue weighted by Gasteiger charge is 2.11. The highest BCUT2D eigenvalue weighted by molar-refractivity contribution is 5.91. The summed E-state index contributed by atoms with van der Waals surface area (Å²) in [6.07, 6.45) is 0.118. The van der Waals surface area contributed by atoms with E-state index in [0.717, 1.165) is 11.3 Å². The number of benzene rings is 2. The van der Waals surface area contributed by atoms with Crippen LogP contribution in [-0.4, -0.2) is 15.7 Å². The maximum atomic E-state index is 13.2. The quantitative estimate of drug-likeness (QED) is 0.780. The Balaban J connectivity index is 1.71. The van der Waals surface area contributed by atoms with Crippen LogP contribution in [0.25, 0.3) is 0 Å². The normalized spacial score (nSPS) is 10.6. The second-order valence-corrected chi connectivity index (χ2v) is 5.67. The minimum Gasteiger partial charge on any atom is -0.311 e. The first-order valence-corrected chi connectivity index (χ1v) is 7.73. The van der Waals surface area contributed by atoms with E-state index in [4.69, 9.17) is 0 Å². The van der Waals surface area contributed by atoms with E-state index in [1.165, 1.54) is 12.1 Å². The fourth-order valence-electron chi connectivity index (χ4n) is 2.54. The number of aryl methyl sites for hydroxylation is 1. The third-order valence-corrected chi connectivity index (χ3v) is 3.60. The van der Waals surface area contributed by atoms with Crippen molar-refractivity contribution in [3.63, 3.8) is 0 Å². The fraction of sp³-hybridized carbons (Fsp3) is 0.158. The van der Waals surface area contributed by atoms with Gasteiger partial charge in [0.2, 0.25) is 5.91 Å². The Morgan fingerprint density at radius 2 is 1.83 bits per heavy atom. The maximum Gasteiger partial charge on any atom is 0.229 e. The van der Waals surface area contributed by atoms with Crippen LogP contribution in [0.1, 0.15) is 16.8 Å². The summed E-state index contributed by atoms with van der Waals surface area (Å²) in [4.78, 5) is 12.2. The summed E-state index contributed by atoms with van der Waals surface area (Å²) in [5, 5.41) is 7.28. The monoisotopic (exact) mass is 323 g/mol. The van der Waals surface area contributed by atoms with Gasteiger partial charge in [0.15, 0.2) is 0 Å². The van der Waals surface area contributed by atoms with Crippen molar-refractivity contribution in [3.05, 3.63) is 83.3 Å². The Labute approximate surface area is 139 Å². The van der Waals surface area contributed by atoms with Gasteiger partial charge in [-0.15, -0.1) is 0 Å². The average molecular weight is 323 g/mol. The number of carbonyl (C=O) groups is 1. The maximum absolute atomic E-state index is 13.2. The minimum absolute atomic E-state index is 0.118. The molecular formula is C19H18FN3O. The van der Waals surface area contributed by atoms with Crippen LogP contribution >= 0.6 is 0 Å². The van der Waals surface area contributed by atoms with Gasteiger partial charge in [-0.1, -0.05) is 42.5 Å². The molecule has 24 heavy (non-hydrogen) atoms. The van der Waals surface area contributed by atoms with Gasteiger partial charge >= 0.3 is 0 Å². The van der Waals surface area contributed by atoms with Crippen molar-refractivity contribution in [2.24, 2.45) is 0 Å². The van der Waals surface area contributed by atoms with E-state index in [1.54, 1.807) is 16.8 Å². The number of amides is 1. The van der Waals surface area contributed by atoms with Crippen LogP contribution in [0, 0.1) is 12.7 Å².